The van der Waals surface area contributed by atoms with Gasteiger partial charge in [-0.25, -0.2) is 0 Å². The van der Waals surface area contributed by atoms with Crippen LogP contribution in [0.3, 0.4) is 0 Å². The Morgan fingerprint density at radius 2 is 2.31 bits per heavy atom. The maximum Gasteiger partial charge on any atom is 0.251 e. The Bertz CT molecular complexity index is 303. The molecule has 0 aliphatic rings. The van der Waals surface area contributed by atoms with E-state index in [0.717, 1.165) is 4.47 Å². The predicted octanol–water partition coefficient (Wildman–Crippen LogP) is 2.11. The fraction of sp³-hybridized carbons (Fsp3) is 0.222. The monoisotopic (exact) mass is 259 g/mol. The summed E-state index contributed by atoms with van der Waals surface area (Å²) in [5.41, 5.74) is 0.663. The molecule has 1 aromatic rings. The lowest BCUT2D eigenvalue weighted by atomic mass is 10.2. The lowest BCUT2D eigenvalue weighted by Gasteiger charge is -2.02. The molecule has 0 fully saturated rings. The number of hydrogen-bond donors (Lipinski definition) is 2. The van der Waals surface area contributed by atoms with Gasteiger partial charge < -0.3 is 5.32 Å². The number of rotatable bonds is 3. The maximum atomic E-state index is 11.4. The van der Waals surface area contributed by atoms with Crippen LogP contribution in [0.4, 0.5) is 0 Å². The van der Waals surface area contributed by atoms with Crippen molar-refractivity contribution in [2.45, 2.75) is 0 Å². The van der Waals surface area contributed by atoms with Crippen LogP contribution in [-0.4, -0.2) is 18.2 Å². The van der Waals surface area contributed by atoms with E-state index in [0.29, 0.717) is 17.9 Å². The summed E-state index contributed by atoms with van der Waals surface area (Å²) in [6.07, 6.45) is 0. The molecule has 0 radical (unpaired) electrons. The van der Waals surface area contributed by atoms with E-state index in [4.69, 9.17) is 0 Å². The summed E-state index contributed by atoms with van der Waals surface area (Å²) in [6.45, 7) is 0.592. The first-order valence-corrected chi connectivity index (χ1v) is 5.31. The minimum atomic E-state index is -0.0599. The second-order valence-electron chi connectivity index (χ2n) is 2.49. The quantitative estimate of drug-likeness (QED) is 0.801. The second-order valence-corrected chi connectivity index (χ2v) is 3.85. The molecule has 0 aliphatic carbocycles. The Kier molecular flexibility index (Phi) is 4.32. The summed E-state index contributed by atoms with van der Waals surface area (Å²) in [4.78, 5) is 11.4. The zero-order valence-corrected chi connectivity index (χ0v) is 9.44. The normalized spacial score (nSPS) is 9.69. The SMILES string of the molecule is O=C(NCCS)c1cccc(Br)c1. The van der Waals surface area contributed by atoms with Crippen LogP contribution >= 0.6 is 28.6 Å². The first-order chi connectivity index (χ1) is 6.24. The van der Waals surface area contributed by atoms with Crippen LogP contribution in [0.2, 0.25) is 0 Å². The van der Waals surface area contributed by atoms with Crippen LogP contribution < -0.4 is 5.32 Å². The van der Waals surface area contributed by atoms with E-state index in [9.17, 15) is 4.79 Å². The number of hydrogen-bond acceptors (Lipinski definition) is 2. The van der Waals surface area contributed by atoms with Crippen molar-refractivity contribution < 1.29 is 4.79 Å². The molecule has 0 heterocycles. The highest BCUT2D eigenvalue weighted by Gasteiger charge is 2.03. The highest BCUT2D eigenvalue weighted by molar-refractivity contribution is 9.10. The van der Waals surface area contributed by atoms with Crippen LogP contribution in [0, 0.1) is 0 Å². The average molecular weight is 260 g/mol. The Labute approximate surface area is 91.3 Å². The van der Waals surface area contributed by atoms with E-state index >= 15 is 0 Å². The fourth-order valence-electron chi connectivity index (χ4n) is 0.901. The van der Waals surface area contributed by atoms with Gasteiger partial charge in [0, 0.05) is 22.3 Å². The van der Waals surface area contributed by atoms with Gasteiger partial charge in [-0.2, -0.15) is 12.6 Å². The van der Waals surface area contributed by atoms with Crippen molar-refractivity contribution in [3.63, 3.8) is 0 Å². The van der Waals surface area contributed by atoms with Gasteiger partial charge in [-0.1, -0.05) is 22.0 Å². The molecule has 0 spiro atoms. The van der Waals surface area contributed by atoms with E-state index in [-0.39, 0.29) is 5.91 Å². The van der Waals surface area contributed by atoms with Crippen LogP contribution in [0.5, 0.6) is 0 Å². The van der Waals surface area contributed by atoms with Crippen molar-refractivity contribution in [1.29, 1.82) is 0 Å². The van der Waals surface area contributed by atoms with E-state index < -0.39 is 0 Å². The van der Waals surface area contributed by atoms with Gasteiger partial charge in [0.15, 0.2) is 0 Å². The average Bonchev–Trinajstić information content (AvgIpc) is 2.14. The highest BCUT2D eigenvalue weighted by Crippen LogP contribution is 2.11. The molecule has 0 bridgehead atoms. The van der Waals surface area contributed by atoms with Gasteiger partial charge in [-0.15, -0.1) is 0 Å². The maximum absolute atomic E-state index is 11.4. The first kappa shape index (κ1) is 10.6. The number of carbonyl (C=O) groups excluding carboxylic acids is 1. The van der Waals surface area contributed by atoms with Crippen molar-refractivity contribution in [3.8, 4) is 0 Å². The Morgan fingerprint density at radius 3 is 2.92 bits per heavy atom. The highest BCUT2D eigenvalue weighted by atomic mass is 79.9. The second kappa shape index (κ2) is 5.29. The predicted molar refractivity (Wildman–Crippen MR) is 60.3 cm³/mol. The minimum absolute atomic E-state index is 0.0599. The van der Waals surface area contributed by atoms with Gasteiger partial charge in [-0.3, -0.25) is 4.79 Å². The molecule has 0 aromatic heterocycles. The van der Waals surface area contributed by atoms with Gasteiger partial charge in [-0.05, 0) is 18.2 Å². The van der Waals surface area contributed by atoms with Crippen LogP contribution in [0.1, 0.15) is 10.4 Å². The lowest BCUT2D eigenvalue weighted by Crippen LogP contribution is -2.25. The van der Waals surface area contributed by atoms with Crippen molar-refractivity contribution in [3.05, 3.63) is 34.3 Å². The summed E-state index contributed by atoms with van der Waals surface area (Å²) in [7, 11) is 0. The molecule has 13 heavy (non-hydrogen) atoms. The standard InChI is InChI=1S/C9H10BrNOS/c10-8-3-1-2-7(6-8)9(12)11-4-5-13/h1-3,6,13H,4-5H2,(H,11,12). The van der Waals surface area contributed by atoms with Crippen molar-refractivity contribution in [2.75, 3.05) is 12.3 Å². The van der Waals surface area contributed by atoms with Crippen LogP contribution in [0.15, 0.2) is 28.7 Å². The van der Waals surface area contributed by atoms with Gasteiger partial charge >= 0.3 is 0 Å². The molecule has 1 N–H and O–H groups in total. The molecule has 1 aromatic carbocycles. The molecule has 4 heteroatoms. The smallest absolute Gasteiger partial charge is 0.251 e. The van der Waals surface area contributed by atoms with Crippen molar-refractivity contribution in [1.82, 2.24) is 5.32 Å². The van der Waals surface area contributed by atoms with E-state index in [1.165, 1.54) is 0 Å². The van der Waals surface area contributed by atoms with Gasteiger partial charge in [0.1, 0.15) is 0 Å². The molecule has 70 valence electrons. The third kappa shape index (κ3) is 3.40. The minimum Gasteiger partial charge on any atom is -0.351 e. The van der Waals surface area contributed by atoms with Crippen LogP contribution in [-0.2, 0) is 0 Å². The third-order valence-corrected chi connectivity index (χ3v) is 2.20. The Hall–Kier alpha value is -0.480. The van der Waals surface area contributed by atoms with Crippen molar-refractivity contribution >= 4 is 34.5 Å². The number of carbonyl (C=O) groups is 1. The first-order valence-electron chi connectivity index (χ1n) is 3.88. The third-order valence-electron chi connectivity index (χ3n) is 1.48. The molecular weight excluding hydrogens is 250 g/mol. The summed E-state index contributed by atoms with van der Waals surface area (Å²) < 4.78 is 0.908. The molecule has 1 rings (SSSR count). The van der Waals surface area contributed by atoms with E-state index in [1.54, 1.807) is 12.1 Å². The number of halogens is 1. The van der Waals surface area contributed by atoms with Crippen LogP contribution in [0.25, 0.3) is 0 Å². The fourth-order valence-corrected chi connectivity index (χ4v) is 1.41. The Balaban J connectivity index is 2.66. The van der Waals surface area contributed by atoms with Crippen molar-refractivity contribution in [2.24, 2.45) is 0 Å². The largest absolute Gasteiger partial charge is 0.351 e. The number of thiol groups is 1. The summed E-state index contributed by atoms with van der Waals surface area (Å²) in [5.74, 6) is 0.593. The number of nitrogens with one attached hydrogen (secondary N) is 1. The number of amides is 1. The van der Waals surface area contributed by atoms with E-state index in [2.05, 4.69) is 33.9 Å². The molecule has 0 unspecified atom stereocenters. The number of benzene rings is 1. The topological polar surface area (TPSA) is 29.1 Å². The summed E-state index contributed by atoms with van der Waals surface area (Å²) in [5, 5.41) is 2.74. The molecular formula is C9H10BrNOS. The van der Waals surface area contributed by atoms with Gasteiger partial charge in [0.25, 0.3) is 5.91 Å². The van der Waals surface area contributed by atoms with E-state index in [1.807, 2.05) is 12.1 Å². The molecule has 0 saturated heterocycles. The zero-order chi connectivity index (χ0) is 9.68. The van der Waals surface area contributed by atoms with Gasteiger partial charge in [0.05, 0.1) is 0 Å². The zero-order valence-electron chi connectivity index (χ0n) is 6.96. The molecule has 2 nitrogen and oxygen atoms in total. The molecule has 0 saturated carbocycles. The lowest BCUT2D eigenvalue weighted by molar-refractivity contribution is 0.0956. The molecule has 0 aliphatic heterocycles. The summed E-state index contributed by atoms with van der Waals surface area (Å²) in [6, 6.07) is 7.28. The summed E-state index contributed by atoms with van der Waals surface area (Å²) >= 11 is 7.31. The molecule has 1 amide bonds. The Morgan fingerprint density at radius 1 is 1.54 bits per heavy atom. The molecule has 0 atom stereocenters. The van der Waals surface area contributed by atoms with Gasteiger partial charge in [0.2, 0.25) is 0 Å².